The molecule has 0 unspecified atom stereocenters. The number of hydrogen-bond donors (Lipinski definition) is 0. The number of carbonyl (C=O) groups is 1. The lowest BCUT2D eigenvalue weighted by atomic mass is 10.0. The number of hydrogen-bond acceptors (Lipinski definition) is 3. The van der Waals surface area contributed by atoms with E-state index in [1.54, 1.807) is 0 Å². The minimum Gasteiger partial charge on any atom is -0.464 e. The third kappa shape index (κ3) is 1.83. The molecule has 0 fully saturated rings. The molecule has 0 aliphatic rings. The molecule has 3 nitrogen and oxygen atoms in total. The van der Waals surface area contributed by atoms with Gasteiger partial charge in [-0.05, 0) is 23.9 Å². The Labute approximate surface area is 110 Å². The van der Waals surface area contributed by atoms with Gasteiger partial charge in [0, 0.05) is 10.8 Å². The molecule has 0 aliphatic carbocycles. The number of aromatic nitrogens is 1. The first kappa shape index (κ1) is 11.7. The number of aryl methyl sites for hydroxylation is 1. The SMILES string of the molecule is COC(=O)c1nc2cc(C)ccc2c2ccccc12. The summed E-state index contributed by atoms with van der Waals surface area (Å²) in [6, 6.07) is 13.8. The van der Waals surface area contributed by atoms with Crippen molar-refractivity contribution in [1.29, 1.82) is 0 Å². The van der Waals surface area contributed by atoms with E-state index in [9.17, 15) is 4.79 Å². The normalized spacial score (nSPS) is 10.8. The number of nitrogens with zero attached hydrogens (tertiary/aromatic N) is 1. The number of esters is 1. The van der Waals surface area contributed by atoms with E-state index >= 15 is 0 Å². The van der Waals surface area contributed by atoms with Crippen molar-refractivity contribution in [3.63, 3.8) is 0 Å². The summed E-state index contributed by atoms with van der Waals surface area (Å²) in [5.74, 6) is -0.403. The molecular weight excluding hydrogens is 238 g/mol. The number of benzene rings is 2. The van der Waals surface area contributed by atoms with Crippen molar-refractivity contribution in [1.82, 2.24) is 4.98 Å². The van der Waals surface area contributed by atoms with E-state index in [0.29, 0.717) is 5.69 Å². The summed E-state index contributed by atoms with van der Waals surface area (Å²) in [4.78, 5) is 16.3. The topological polar surface area (TPSA) is 39.2 Å². The van der Waals surface area contributed by atoms with Gasteiger partial charge in [-0.25, -0.2) is 9.78 Å². The summed E-state index contributed by atoms with van der Waals surface area (Å²) in [7, 11) is 1.37. The maximum absolute atomic E-state index is 11.9. The third-order valence-corrected chi connectivity index (χ3v) is 3.24. The Morgan fingerprint density at radius 1 is 1.05 bits per heavy atom. The van der Waals surface area contributed by atoms with Crippen LogP contribution in [0.3, 0.4) is 0 Å². The highest BCUT2D eigenvalue weighted by molar-refractivity contribution is 6.13. The van der Waals surface area contributed by atoms with Crippen molar-refractivity contribution >= 4 is 27.6 Å². The largest absolute Gasteiger partial charge is 0.464 e. The molecule has 0 radical (unpaired) electrons. The average Bonchev–Trinajstić information content (AvgIpc) is 2.45. The molecule has 0 saturated carbocycles. The third-order valence-electron chi connectivity index (χ3n) is 3.24. The maximum Gasteiger partial charge on any atom is 0.357 e. The van der Waals surface area contributed by atoms with Crippen LogP contribution in [-0.2, 0) is 4.74 Å². The molecule has 0 N–H and O–H groups in total. The summed E-state index contributed by atoms with van der Waals surface area (Å²) >= 11 is 0. The lowest BCUT2D eigenvalue weighted by Crippen LogP contribution is -2.05. The summed E-state index contributed by atoms with van der Waals surface area (Å²) in [6.45, 7) is 2.01. The second-order valence-corrected chi connectivity index (χ2v) is 4.52. The zero-order valence-corrected chi connectivity index (χ0v) is 10.8. The van der Waals surface area contributed by atoms with E-state index in [1.807, 2.05) is 49.4 Å². The molecule has 0 bridgehead atoms. The number of rotatable bonds is 1. The van der Waals surface area contributed by atoms with E-state index in [-0.39, 0.29) is 0 Å². The van der Waals surface area contributed by atoms with Crippen molar-refractivity contribution in [2.45, 2.75) is 6.92 Å². The van der Waals surface area contributed by atoms with Gasteiger partial charge in [0.25, 0.3) is 0 Å². The minimum atomic E-state index is -0.403. The van der Waals surface area contributed by atoms with Gasteiger partial charge in [0.1, 0.15) is 0 Å². The van der Waals surface area contributed by atoms with Crippen LogP contribution in [0, 0.1) is 6.92 Å². The highest BCUT2D eigenvalue weighted by Crippen LogP contribution is 2.27. The van der Waals surface area contributed by atoms with Gasteiger partial charge in [0.2, 0.25) is 0 Å². The van der Waals surface area contributed by atoms with Crippen LogP contribution < -0.4 is 0 Å². The van der Waals surface area contributed by atoms with E-state index < -0.39 is 5.97 Å². The van der Waals surface area contributed by atoms with E-state index in [4.69, 9.17) is 4.74 Å². The molecule has 1 heterocycles. The molecule has 19 heavy (non-hydrogen) atoms. The quantitative estimate of drug-likeness (QED) is 0.491. The molecule has 0 atom stereocenters. The Hall–Kier alpha value is -2.42. The van der Waals surface area contributed by atoms with Crippen LogP contribution in [0.5, 0.6) is 0 Å². The Morgan fingerprint density at radius 3 is 2.53 bits per heavy atom. The van der Waals surface area contributed by atoms with Crippen LogP contribution in [-0.4, -0.2) is 18.1 Å². The molecular formula is C16H13NO2. The van der Waals surface area contributed by atoms with Gasteiger partial charge in [-0.3, -0.25) is 0 Å². The number of methoxy groups -OCH3 is 1. The van der Waals surface area contributed by atoms with Crippen LogP contribution in [0.2, 0.25) is 0 Å². The second-order valence-electron chi connectivity index (χ2n) is 4.52. The molecule has 3 aromatic rings. The van der Waals surface area contributed by atoms with Crippen molar-refractivity contribution in [2.24, 2.45) is 0 Å². The van der Waals surface area contributed by atoms with Crippen molar-refractivity contribution < 1.29 is 9.53 Å². The fraction of sp³-hybridized carbons (Fsp3) is 0.125. The van der Waals surface area contributed by atoms with E-state index in [1.165, 1.54) is 7.11 Å². The molecule has 2 aromatic carbocycles. The van der Waals surface area contributed by atoms with Gasteiger partial charge in [0.15, 0.2) is 5.69 Å². The first-order valence-electron chi connectivity index (χ1n) is 6.08. The van der Waals surface area contributed by atoms with Crippen LogP contribution in [0.25, 0.3) is 21.7 Å². The molecule has 94 valence electrons. The van der Waals surface area contributed by atoms with Crippen molar-refractivity contribution in [3.8, 4) is 0 Å². The average molecular weight is 251 g/mol. The van der Waals surface area contributed by atoms with E-state index in [2.05, 4.69) is 4.98 Å². The maximum atomic E-state index is 11.9. The Kier molecular flexibility index (Phi) is 2.67. The fourth-order valence-corrected chi connectivity index (χ4v) is 2.32. The Morgan fingerprint density at radius 2 is 1.79 bits per heavy atom. The first-order chi connectivity index (χ1) is 9.20. The molecule has 0 aliphatic heterocycles. The van der Waals surface area contributed by atoms with Gasteiger partial charge < -0.3 is 4.74 Å². The van der Waals surface area contributed by atoms with Crippen LogP contribution in [0.15, 0.2) is 42.5 Å². The predicted octanol–water partition coefficient (Wildman–Crippen LogP) is 3.48. The second kappa shape index (κ2) is 4.35. The smallest absolute Gasteiger partial charge is 0.357 e. The van der Waals surface area contributed by atoms with Gasteiger partial charge in [-0.1, -0.05) is 36.4 Å². The van der Waals surface area contributed by atoms with E-state index in [0.717, 1.165) is 27.2 Å². The number of ether oxygens (including phenoxy) is 1. The fourth-order valence-electron chi connectivity index (χ4n) is 2.32. The summed E-state index contributed by atoms with van der Waals surface area (Å²) in [5.41, 5.74) is 2.31. The number of fused-ring (bicyclic) bond motifs is 3. The predicted molar refractivity (Wildman–Crippen MR) is 75.3 cm³/mol. The van der Waals surface area contributed by atoms with Crippen molar-refractivity contribution in [2.75, 3.05) is 7.11 Å². The minimum absolute atomic E-state index is 0.371. The van der Waals surface area contributed by atoms with Crippen LogP contribution >= 0.6 is 0 Å². The molecule has 0 amide bonds. The van der Waals surface area contributed by atoms with Gasteiger partial charge in [-0.2, -0.15) is 0 Å². The molecule has 1 aromatic heterocycles. The molecule has 3 heteroatoms. The summed E-state index contributed by atoms with van der Waals surface area (Å²) in [6.07, 6.45) is 0. The summed E-state index contributed by atoms with van der Waals surface area (Å²) < 4.78 is 4.82. The Bertz CT molecular complexity index is 793. The van der Waals surface area contributed by atoms with Crippen LogP contribution in [0.4, 0.5) is 0 Å². The highest BCUT2D eigenvalue weighted by Gasteiger charge is 2.14. The summed E-state index contributed by atoms with van der Waals surface area (Å²) in [5, 5.41) is 2.90. The lowest BCUT2D eigenvalue weighted by molar-refractivity contribution is 0.0597. The first-order valence-corrected chi connectivity index (χ1v) is 6.08. The number of pyridine rings is 1. The standard InChI is InChI=1S/C16H13NO2/c1-10-7-8-12-11-5-3-4-6-13(11)15(16(18)19-2)17-14(12)9-10/h3-9H,1-2H3. The van der Waals surface area contributed by atoms with Gasteiger partial charge in [0.05, 0.1) is 12.6 Å². The van der Waals surface area contributed by atoms with Crippen molar-refractivity contribution in [3.05, 3.63) is 53.7 Å². The highest BCUT2D eigenvalue weighted by atomic mass is 16.5. The monoisotopic (exact) mass is 251 g/mol. The van der Waals surface area contributed by atoms with Crippen LogP contribution in [0.1, 0.15) is 16.1 Å². The van der Waals surface area contributed by atoms with Gasteiger partial charge in [-0.15, -0.1) is 0 Å². The molecule has 3 rings (SSSR count). The number of carbonyl (C=O) groups excluding carboxylic acids is 1. The zero-order valence-electron chi connectivity index (χ0n) is 10.8. The molecule has 0 saturated heterocycles. The Balaban J connectivity index is 2.49. The molecule has 0 spiro atoms. The zero-order chi connectivity index (χ0) is 13.4. The van der Waals surface area contributed by atoms with Gasteiger partial charge >= 0.3 is 5.97 Å². The lowest BCUT2D eigenvalue weighted by Gasteiger charge is -2.08.